The molecule has 0 aliphatic heterocycles. The third-order valence-electron chi connectivity index (χ3n) is 3.53. The van der Waals surface area contributed by atoms with Crippen molar-refractivity contribution in [2.24, 2.45) is 17.8 Å². The molecule has 1 fully saturated rings. The van der Waals surface area contributed by atoms with Crippen LogP contribution in [0.5, 0.6) is 0 Å². The van der Waals surface area contributed by atoms with Gasteiger partial charge in [-0.2, -0.15) is 5.10 Å². The Kier molecular flexibility index (Phi) is 3.82. The molecular formula is C12H18N4O3. The van der Waals surface area contributed by atoms with Gasteiger partial charge in [-0.3, -0.25) is 19.6 Å². The summed E-state index contributed by atoms with van der Waals surface area (Å²) in [6.45, 7) is 5.09. The summed E-state index contributed by atoms with van der Waals surface area (Å²) in [4.78, 5) is 21.6. The lowest BCUT2D eigenvalue weighted by atomic mass is 10.1. The van der Waals surface area contributed by atoms with Crippen LogP contribution in [0.25, 0.3) is 0 Å². The SMILES string of the molecule is CC(C)[C@@H]1C[C@H]1CNC(=O)Cn1cc([N+](=O)[O-])cn1. The van der Waals surface area contributed by atoms with Crippen molar-refractivity contribution in [1.82, 2.24) is 15.1 Å². The average Bonchev–Trinajstić information content (AvgIpc) is 2.98. The average molecular weight is 266 g/mol. The molecule has 2 rings (SSSR count). The molecule has 2 atom stereocenters. The number of carbonyl (C=O) groups excluding carboxylic acids is 1. The molecule has 1 N–H and O–H groups in total. The minimum atomic E-state index is -0.529. The largest absolute Gasteiger partial charge is 0.354 e. The number of nitrogens with zero attached hydrogens (tertiary/aromatic N) is 3. The van der Waals surface area contributed by atoms with E-state index in [2.05, 4.69) is 24.3 Å². The summed E-state index contributed by atoms with van der Waals surface area (Å²) in [5, 5.41) is 17.1. The highest BCUT2D eigenvalue weighted by Crippen LogP contribution is 2.43. The molecule has 0 radical (unpaired) electrons. The molecule has 7 heteroatoms. The molecular weight excluding hydrogens is 248 g/mol. The standard InChI is InChI=1S/C12H18N4O3/c1-8(2)11-3-9(11)4-13-12(17)7-15-6-10(5-14-15)16(18)19/h5-6,8-9,11H,3-4,7H2,1-2H3,(H,13,17)/t9-,11-/m0/s1. The van der Waals surface area contributed by atoms with Gasteiger partial charge in [-0.05, 0) is 24.2 Å². The van der Waals surface area contributed by atoms with Gasteiger partial charge in [0.1, 0.15) is 18.9 Å². The topological polar surface area (TPSA) is 90.1 Å². The maximum Gasteiger partial charge on any atom is 0.307 e. The molecule has 7 nitrogen and oxygen atoms in total. The minimum absolute atomic E-state index is 0.0207. The number of carbonyl (C=O) groups is 1. The van der Waals surface area contributed by atoms with Crippen LogP contribution in [-0.4, -0.2) is 27.2 Å². The van der Waals surface area contributed by atoms with E-state index in [0.717, 1.165) is 6.20 Å². The Balaban J connectivity index is 1.74. The lowest BCUT2D eigenvalue weighted by Crippen LogP contribution is -2.30. The Bertz CT molecular complexity index is 483. The quantitative estimate of drug-likeness (QED) is 0.618. The van der Waals surface area contributed by atoms with E-state index in [1.807, 2.05) is 0 Å². The number of hydrogen-bond acceptors (Lipinski definition) is 4. The van der Waals surface area contributed by atoms with E-state index in [-0.39, 0.29) is 18.1 Å². The first-order valence-electron chi connectivity index (χ1n) is 6.41. The summed E-state index contributed by atoms with van der Waals surface area (Å²) < 4.78 is 1.28. The van der Waals surface area contributed by atoms with Gasteiger partial charge in [0.2, 0.25) is 5.91 Å². The summed E-state index contributed by atoms with van der Waals surface area (Å²) in [7, 11) is 0. The van der Waals surface area contributed by atoms with Crippen LogP contribution < -0.4 is 5.32 Å². The highest BCUT2D eigenvalue weighted by molar-refractivity contribution is 5.75. The molecule has 104 valence electrons. The van der Waals surface area contributed by atoms with Gasteiger partial charge < -0.3 is 5.32 Å². The van der Waals surface area contributed by atoms with Crippen molar-refractivity contribution in [2.45, 2.75) is 26.8 Å². The van der Waals surface area contributed by atoms with Gasteiger partial charge in [0.15, 0.2) is 0 Å². The normalized spacial score (nSPS) is 21.4. The van der Waals surface area contributed by atoms with Gasteiger partial charge in [0, 0.05) is 6.54 Å². The zero-order valence-corrected chi connectivity index (χ0v) is 11.1. The zero-order valence-electron chi connectivity index (χ0n) is 11.1. The lowest BCUT2D eigenvalue weighted by molar-refractivity contribution is -0.385. The summed E-state index contributed by atoms with van der Waals surface area (Å²) >= 11 is 0. The Hall–Kier alpha value is -1.92. The summed E-state index contributed by atoms with van der Waals surface area (Å²) in [5.74, 6) is 1.80. The smallest absolute Gasteiger partial charge is 0.307 e. The van der Waals surface area contributed by atoms with Crippen LogP contribution in [0.3, 0.4) is 0 Å². The van der Waals surface area contributed by atoms with Gasteiger partial charge >= 0.3 is 5.69 Å². The Labute approximate surface area is 111 Å². The molecule has 0 saturated heterocycles. The van der Waals surface area contributed by atoms with Crippen LogP contribution in [0.1, 0.15) is 20.3 Å². The summed E-state index contributed by atoms with van der Waals surface area (Å²) in [5.41, 5.74) is -0.102. The minimum Gasteiger partial charge on any atom is -0.354 e. The Morgan fingerprint density at radius 3 is 2.95 bits per heavy atom. The first-order chi connectivity index (χ1) is 8.97. The predicted molar refractivity (Wildman–Crippen MR) is 68.3 cm³/mol. The summed E-state index contributed by atoms with van der Waals surface area (Å²) in [6.07, 6.45) is 3.57. The number of hydrogen-bond donors (Lipinski definition) is 1. The molecule has 1 amide bonds. The van der Waals surface area contributed by atoms with Crippen molar-refractivity contribution < 1.29 is 9.72 Å². The second-order valence-corrected chi connectivity index (χ2v) is 5.36. The fourth-order valence-corrected chi connectivity index (χ4v) is 2.30. The van der Waals surface area contributed by atoms with Gasteiger partial charge in [-0.1, -0.05) is 13.8 Å². The number of rotatable bonds is 6. The zero-order chi connectivity index (χ0) is 14.0. The number of aromatic nitrogens is 2. The van der Waals surface area contributed by atoms with Crippen molar-refractivity contribution in [2.75, 3.05) is 6.54 Å². The van der Waals surface area contributed by atoms with E-state index in [0.29, 0.717) is 24.3 Å². The van der Waals surface area contributed by atoms with Crippen LogP contribution in [0.4, 0.5) is 5.69 Å². The molecule has 0 unspecified atom stereocenters. The van der Waals surface area contributed by atoms with Crippen molar-refractivity contribution in [3.63, 3.8) is 0 Å². The molecule has 0 bridgehead atoms. The van der Waals surface area contributed by atoms with E-state index in [1.54, 1.807) is 0 Å². The maximum absolute atomic E-state index is 11.7. The van der Waals surface area contributed by atoms with Crippen molar-refractivity contribution in [3.8, 4) is 0 Å². The van der Waals surface area contributed by atoms with Crippen molar-refractivity contribution in [1.29, 1.82) is 0 Å². The highest BCUT2D eigenvalue weighted by Gasteiger charge is 2.38. The lowest BCUT2D eigenvalue weighted by Gasteiger charge is -2.06. The predicted octanol–water partition coefficient (Wildman–Crippen LogP) is 1.20. The Morgan fingerprint density at radius 1 is 1.68 bits per heavy atom. The molecule has 1 aromatic rings. The van der Waals surface area contributed by atoms with Crippen LogP contribution in [0.15, 0.2) is 12.4 Å². The van der Waals surface area contributed by atoms with Crippen LogP contribution in [-0.2, 0) is 11.3 Å². The Morgan fingerprint density at radius 2 is 2.42 bits per heavy atom. The number of nitrogens with one attached hydrogen (secondary N) is 1. The van der Waals surface area contributed by atoms with E-state index in [4.69, 9.17) is 0 Å². The third kappa shape index (κ3) is 3.52. The molecule has 0 aromatic carbocycles. The molecule has 1 heterocycles. The van der Waals surface area contributed by atoms with Gasteiger partial charge in [0.25, 0.3) is 0 Å². The van der Waals surface area contributed by atoms with Crippen LogP contribution in [0, 0.1) is 27.9 Å². The molecule has 0 spiro atoms. The number of amides is 1. The second kappa shape index (κ2) is 5.38. The van der Waals surface area contributed by atoms with Gasteiger partial charge in [-0.25, -0.2) is 0 Å². The van der Waals surface area contributed by atoms with Crippen molar-refractivity contribution in [3.05, 3.63) is 22.5 Å². The van der Waals surface area contributed by atoms with E-state index >= 15 is 0 Å². The summed E-state index contributed by atoms with van der Waals surface area (Å²) in [6, 6.07) is 0. The molecule has 1 aliphatic carbocycles. The van der Waals surface area contributed by atoms with Gasteiger partial charge in [0.05, 0.1) is 4.92 Å². The van der Waals surface area contributed by atoms with Crippen LogP contribution in [0.2, 0.25) is 0 Å². The molecule has 1 aromatic heterocycles. The fraction of sp³-hybridized carbons (Fsp3) is 0.667. The molecule has 1 aliphatic rings. The van der Waals surface area contributed by atoms with E-state index < -0.39 is 4.92 Å². The highest BCUT2D eigenvalue weighted by atomic mass is 16.6. The van der Waals surface area contributed by atoms with Crippen molar-refractivity contribution >= 4 is 11.6 Å². The number of nitro groups is 1. The van der Waals surface area contributed by atoms with E-state index in [1.165, 1.54) is 17.3 Å². The molecule has 1 saturated carbocycles. The first-order valence-corrected chi connectivity index (χ1v) is 6.41. The second-order valence-electron chi connectivity index (χ2n) is 5.36. The third-order valence-corrected chi connectivity index (χ3v) is 3.53. The monoisotopic (exact) mass is 266 g/mol. The fourth-order valence-electron chi connectivity index (χ4n) is 2.30. The maximum atomic E-state index is 11.7. The first kappa shape index (κ1) is 13.5. The van der Waals surface area contributed by atoms with Crippen LogP contribution >= 0.6 is 0 Å². The van der Waals surface area contributed by atoms with E-state index in [9.17, 15) is 14.9 Å². The van der Waals surface area contributed by atoms with Gasteiger partial charge in [-0.15, -0.1) is 0 Å². The molecule has 19 heavy (non-hydrogen) atoms.